The first-order valence-corrected chi connectivity index (χ1v) is 6.28. The van der Waals surface area contributed by atoms with Crippen molar-refractivity contribution in [3.8, 4) is 0 Å². The molecule has 0 aliphatic rings. The Morgan fingerprint density at radius 1 is 1.29 bits per heavy atom. The fourth-order valence-corrected chi connectivity index (χ4v) is 1.90. The van der Waals surface area contributed by atoms with Gasteiger partial charge in [0.05, 0.1) is 0 Å². The Hall–Kier alpha value is -0.830. The van der Waals surface area contributed by atoms with Gasteiger partial charge >= 0.3 is 0 Å². The standard InChI is InChI=1S/C13H18ClF2N/c1-4-9(2)8-17(3)13-11(15)5-10(7-14)6-12(13)16/h5-6,9H,4,7-8H2,1-3H3. The maximum atomic E-state index is 13.8. The minimum Gasteiger partial charge on any atom is -0.370 e. The second-order valence-corrected chi connectivity index (χ2v) is 4.70. The van der Waals surface area contributed by atoms with E-state index in [9.17, 15) is 8.78 Å². The summed E-state index contributed by atoms with van der Waals surface area (Å²) in [5, 5.41) is 0. The molecule has 0 saturated heterocycles. The van der Waals surface area contributed by atoms with Crippen molar-refractivity contribution in [2.45, 2.75) is 26.1 Å². The van der Waals surface area contributed by atoms with Gasteiger partial charge in [0.2, 0.25) is 0 Å². The molecule has 0 aliphatic carbocycles. The van der Waals surface area contributed by atoms with Crippen LogP contribution >= 0.6 is 11.6 Å². The lowest BCUT2D eigenvalue weighted by atomic mass is 10.1. The third-order valence-electron chi connectivity index (χ3n) is 2.90. The van der Waals surface area contributed by atoms with Crippen molar-refractivity contribution < 1.29 is 8.78 Å². The molecule has 96 valence electrons. The molecule has 0 aromatic heterocycles. The quantitative estimate of drug-likeness (QED) is 0.719. The number of anilines is 1. The molecule has 0 aliphatic heterocycles. The summed E-state index contributed by atoms with van der Waals surface area (Å²) < 4.78 is 27.5. The Morgan fingerprint density at radius 3 is 2.24 bits per heavy atom. The van der Waals surface area contributed by atoms with Crippen molar-refractivity contribution in [1.82, 2.24) is 0 Å². The molecular formula is C13H18ClF2N. The fraction of sp³-hybridized carbons (Fsp3) is 0.538. The molecule has 1 aromatic carbocycles. The summed E-state index contributed by atoms with van der Waals surface area (Å²) >= 11 is 5.56. The predicted molar refractivity (Wildman–Crippen MR) is 68.6 cm³/mol. The Kier molecular flexibility index (Phi) is 5.19. The van der Waals surface area contributed by atoms with Crippen molar-refractivity contribution in [2.24, 2.45) is 5.92 Å². The summed E-state index contributed by atoms with van der Waals surface area (Å²) in [5.74, 6) is -0.590. The topological polar surface area (TPSA) is 3.24 Å². The monoisotopic (exact) mass is 261 g/mol. The molecule has 0 spiro atoms. The number of alkyl halides is 1. The maximum absolute atomic E-state index is 13.8. The van der Waals surface area contributed by atoms with Gasteiger partial charge in [-0.2, -0.15) is 0 Å². The van der Waals surface area contributed by atoms with Crippen LogP contribution in [0.5, 0.6) is 0 Å². The van der Waals surface area contributed by atoms with E-state index in [1.807, 2.05) is 0 Å². The first-order valence-electron chi connectivity index (χ1n) is 5.74. The van der Waals surface area contributed by atoms with Gasteiger partial charge < -0.3 is 4.90 Å². The summed E-state index contributed by atoms with van der Waals surface area (Å²) in [7, 11) is 1.70. The number of hydrogen-bond acceptors (Lipinski definition) is 1. The van der Waals surface area contributed by atoms with E-state index in [1.165, 1.54) is 12.1 Å². The molecule has 0 saturated carbocycles. The number of hydrogen-bond donors (Lipinski definition) is 0. The second kappa shape index (κ2) is 6.20. The van der Waals surface area contributed by atoms with Crippen LogP contribution in [0, 0.1) is 17.6 Å². The van der Waals surface area contributed by atoms with Crippen LogP contribution in [0.1, 0.15) is 25.8 Å². The Labute approximate surface area is 106 Å². The van der Waals surface area contributed by atoms with Gasteiger partial charge in [0.15, 0.2) is 0 Å². The molecule has 0 fully saturated rings. The van der Waals surface area contributed by atoms with Crippen LogP contribution in [0.25, 0.3) is 0 Å². The van der Waals surface area contributed by atoms with Crippen molar-refractivity contribution in [3.05, 3.63) is 29.3 Å². The third-order valence-corrected chi connectivity index (χ3v) is 3.20. The molecule has 1 aromatic rings. The van der Waals surface area contributed by atoms with E-state index in [0.29, 0.717) is 18.0 Å². The van der Waals surface area contributed by atoms with Crippen LogP contribution in [0.3, 0.4) is 0 Å². The fourth-order valence-electron chi connectivity index (χ4n) is 1.75. The van der Waals surface area contributed by atoms with Gasteiger partial charge in [-0.15, -0.1) is 11.6 Å². The van der Waals surface area contributed by atoms with Gasteiger partial charge in [-0.25, -0.2) is 8.78 Å². The van der Waals surface area contributed by atoms with E-state index < -0.39 is 11.6 Å². The van der Waals surface area contributed by atoms with Gasteiger partial charge in [0.25, 0.3) is 0 Å². The van der Waals surface area contributed by atoms with Crippen LogP contribution in [0.15, 0.2) is 12.1 Å². The molecule has 0 heterocycles. The van der Waals surface area contributed by atoms with Crippen molar-refractivity contribution in [2.75, 3.05) is 18.5 Å². The zero-order valence-electron chi connectivity index (χ0n) is 10.4. The lowest BCUT2D eigenvalue weighted by molar-refractivity contribution is 0.532. The molecule has 0 radical (unpaired) electrons. The average molecular weight is 262 g/mol. The zero-order valence-corrected chi connectivity index (χ0v) is 11.2. The Morgan fingerprint density at radius 2 is 1.82 bits per heavy atom. The first-order chi connectivity index (χ1) is 7.99. The largest absolute Gasteiger partial charge is 0.370 e. The van der Waals surface area contributed by atoms with Crippen LogP contribution in [-0.4, -0.2) is 13.6 Å². The molecule has 1 atom stereocenters. The molecule has 0 N–H and O–H groups in total. The second-order valence-electron chi connectivity index (χ2n) is 4.44. The number of halogens is 3. The first kappa shape index (κ1) is 14.2. The van der Waals surface area contributed by atoms with Crippen LogP contribution in [0.4, 0.5) is 14.5 Å². The minimum atomic E-state index is -0.550. The zero-order chi connectivity index (χ0) is 13.0. The van der Waals surface area contributed by atoms with Crippen molar-refractivity contribution >= 4 is 17.3 Å². The summed E-state index contributed by atoms with van der Waals surface area (Å²) in [6.07, 6.45) is 0.980. The van der Waals surface area contributed by atoms with E-state index in [0.717, 1.165) is 6.42 Å². The third kappa shape index (κ3) is 3.56. The normalized spacial score (nSPS) is 12.6. The Balaban J connectivity index is 2.97. The molecular weight excluding hydrogens is 244 g/mol. The van der Waals surface area contributed by atoms with E-state index >= 15 is 0 Å². The highest BCUT2D eigenvalue weighted by Crippen LogP contribution is 2.25. The summed E-state index contributed by atoms with van der Waals surface area (Å²) in [5.41, 5.74) is 0.488. The van der Waals surface area contributed by atoms with Crippen LogP contribution < -0.4 is 4.90 Å². The molecule has 1 nitrogen and oxygen atoms in total. The summed E-state index contributed by atoms with van der Waals surface area (Å²) in [6.45, 7) is 4.74. The van der Waals surface area contributed by atoms with Gasteiger partial charge in [0, 0.05) is 19.5 Å². The molecule has 0 bridgehead atoms. The molecule has 4 heteroatoms. The van der Waals surface area contributed by atoms with Gasteiger partial charge in [0.1, 0.15) is 17.3 Å². The lowest BCUT2D eigenvalue weighted by Crippen LogP contribution is -2.25. The minimum absolute atomic E-state index is 0.0270. The molecule has 17 heavy (non-hydrogen) atoms. The average Bonchev–Trinajstić information content (AvgIpc) is 2.27. The van der Waals surface area contributed by atoms with Gasteiger partial charge in [-0.1, -0.05) is 20.3 Å². The number of benzene rings is 1. The van der Waals surface area contributed by atoms with E-state index in [-0.39, 0.29) is 11.6 Å². The molecule has 0 amide bonds. The van der Waals surface area contributed by atoms with E-state index in [4.69, 9.17) is 11.6 Å². The summed E-state index contributed by atoms with van der Waals surface area (Å²) in [4.78, 5) is 1.62. The van der Waals surface area contributed by atoms with E-state index in [2.05, 4.69) is 13.8 Å². The SMILES string of the molecule is CCC(C)CN(C)c1c(F)cc(CCl)cc1F. The van der Waals surface area contributed by atoms with E-state index in [1.54, 1.807) is 11.9 Å². The highest BCUT2D eigenvalue weighted by Gasteiger charge is 2.16. The van der Waals surface area contributed by atoms with Crippen molar-refractivity contribution in [3.63, 3.8) is 0 Å². The van der Waals surface area contributed by atoms with Gasteiger partial charge in [-0.05, 0) is 23.6 Å². The lowest BCUT2D eigenvalue weighted by Gasteiger charge is -2.24. The highest BCUT2D eigenvalue weighted by molar-refractivity contribution is 6.17. The maximum Gasteiger partial charge on any atom is 0.149 e. The molecule has 1 unspecified atom stereocenters. The number of nitrogens with zero attached hydrogens (tertiary/aromatic N) is 1. The number of rotatable bonds is 5. The molecule has 1 rings (SSSR count). The van der Waals surface area contributed by atoms with Crippen LogP contribution in [-0.2, 0) is 5.88 Å². The smallest absolute Gasteiger partial charge is 0.149 e. The highest BCUT2D eigenvalue weighted by atomic mass is 35.5. The predicted octanol–water partition coefficient (Wildman–Crippen LogP) is 4.19. The van der Waals surface area contributed by atoms with Gasteiger partial charge in [-0.3, -0.25) is 0 Å². The Bertz CT molecular complexity index is 359. The van der Waals surface area contributed by atoms with Crippen molar-refractivity contribution in [1.29, 1.82) is 0 Å². The summed E-state index contributed by atoms with van der Waals surface area (Å²) in [6, 6.07) is 2.58. The van der Waals surface area contributed by atoms with Crippen LogP contribution in [0.2, 0.25) is 0 Å².